The highest BCUT2D eigenvalue weighted by atomic mass is 16.2. The smallest absolute Gasteiger partial charge is 0.254 e. The van der Waals surface area contributed by atoms with Crippen LogP contribution in [0.25, 0.3) is 0 Å². The number of nitrogens with zero attached hydrogens (tertiary/aromatic N) is 6. The van der Waals surface area contributed by atoms with Gasteiger partial charge < -0.3 is 19.6 Å². The van der Waals surface area contributed by atoms with Gasteiger partial charge in [0.25, 0.3) is 5.91 Å². The summed E-state index contributed by atoms with van der Waals surface area (Å²) in [6.07, 6.45) is 0.761. The zero-order valence-electron chi connectivity index (χ0n) is 17.9. The normalized spacial score (nSPS) is 17.2. The average molecular weight is 395 g/mol. The minimum absolute atomic E-state index is 0.0848. The molecule has 1 aromatic carbocycles. The lowest BCUT2D eigenvalue weighted by molar-refractivity contribution is 0.0733. The van der Waals surface area contributed by atoms with Crippen molar-refractivity contribution in [3.63, 3.8) is 0 Å². The van der Waals surface area contributed by atoms with Crippen LogP contribution in [0, 0.1) is 6.92 Å². The van der Waals surface area contributed by atoms with Gasteiger partial charge in [0.1, 0.15) is 5.82 Å². The van der Waals surface area contributed by atoms with Crippen LogP contribution in [-0.2, 0) is 13.0 Å². The Labute approximate surface area is 172 Å². The number of aromatic nitrogens is 2. The number of rotatable bonds is 3. The van der Waals surface area contributed by atoms with Crippen LogP contribution in [0.5, 0.6) is 0 Å². The van der Waals surface area contributed by atoms with Crippen molar-refractivity contribution in [1.29, 1.82) is 0 Å². The molecule has 2 aromatic rings. The molecular weight excluding hydrogens is 364 g/mol. The molecule has 1 saturated heterocycles. The number of amides is 1. The van der Waals surface area contributed by atoms with E-state index in [0.717, 1.165) is 66.8 Å². The van der Waals surface area contributed by atoms with Gasteiger partial charge in [-0.05, 0) is 25.6 Å². The summed E-state index contributed by atoms with van der Waals surface area (Å²) in [6.45, 7) is 7.17. The maximum absolute atomic E-state index is 13.1. The van der Waals surface area contributed by atoms with Crippen LogP contribution in [0.2, 0.25) is 0 Å². The topological polar surface area (TPSA) is 55.8 Å². The Bertz CT molecular complexity index is 904. The number of hydrogen-bond acceptors (Lipinski definition) is 6. The van der Waals surface area contributed by atoms with E-state index in [-0.39, 0.29) is 5.91 Å². The van der Waals surface area contributed by atoms with E-state index in [0.29, 0.717) is 13.1 Å². The number of carbonyl (C=O) groups is 1. The number of hydrogen-bond donors (Lipinski definition) is 0. The van der Waals surface area contributed by atoms with E-state index >= 15 is 0 Å². The van der Waals surface area contributed by atoms with Gasteiger partial charge in [-0.3, -0.25) is 4.79 Å². The fraction of sp³-hybridized carbons (Fsp3) is 0.500. The lowest BCUT2D eigenvalue weighted by Gasteiger charge is -2.35. The van der Waals surface area contributed by atoms with E-state index in [9.17, 15) is 4.79 Å². The first kappa shape index (κ1) is 19.6. The molecule has 0 aliphatic carbocycles. The highest BCUT2D eigenvalue weighted by molar-refractivity contribution is 5.95. The second kappa shape index (κ2) is 7.99. The summed E-state index contributed by atoms with van der Waals surface area (Å²) < 4.78 is 0. The van der Waals surface area contributed by atoms with Crippen LogP contribution < -0.4 is 9.80 Å². The Kier molecular flexibility index (Phi) is 5.41. The van der Waals surface area contributed by atoms with E-state index in [2.05, 4.69) is 16.8 Å². The molecule has 0 bridgehead atoms. The Morgan fingerprint density at radius 1 is 1.03 bits per heavy atom. The van der Waals surface area contributed by atoms with Crippen molar-refractivity contribution in [1.82, 2.24) is 19.8 Å². The van der Waals surface area contributed by atoms with Gasteiger partial charge in [0.2, 0.25) is 5.95 Å². The van der Waals surface area contributed by atoms with Crippen LogP contribution in [0.4, 0.5) is 11.8 Å². The summed E-state index contributed by atoms with van der Waals surface area (Å²) in [5.41, 5.74) is 3.93. The highest BCUT2D eigenvalue weighted by Gasteiger charge is 2.28. The molecule has 0 radical (unpaired) electrons. The molecule has 0 N–H and O–H groups in total. The van der Waals surface area contributed by atoms with Crippen molar-refractivity contribution in [2.45, 2.75) is 19.9 Å². The molecule has 1 fully saturated rings. The predicted octanol–water partition coefficient (Wildman–Crippen LogP) is 1.80. The summed E-state index contributed by atoms with van der Waals surface area (Å²) >= 11 is 0. The summed E-state index contributed by atoms with van der Waals surface area (Å²) in [7, 11) is 6.17. The van der Waals surface area contributed by atoms with Crippen molar-refractivity contribution in [3.8, 4) is 0 Å². The lowest BCUT2D eigenvalue weighted by atomic mass is 10.0. The SMILES string of the molecule is Cc1ccccc1C(=O)N1CCc2nc(N3CCN(C)CC3)nc(N(C)C)c2C1. The molecule has 0 atom stereocenters. The Morgan fingerprint density at radius 2 is 1.76 bits per heavy atom. The quantitative estimate of drug-likeness (QED) is 0.791. The number of piperazine rings is 1. The van der Waals surface area contributed by atoms with Gasteiger partial charge in [0, 0.05) is 64.4 Å². The van der Waals surface area contributed by atoms with Gasteiger partial charge in [-0.25, -0.2) is 4.98 Å². The predicted molar refractivity (Wildman–Crippen MR) is 116 cm³/mol. The van der Waals surface area contributed by atoms with Gasteiger partial charge in [-0.2, -0.15) is 4.98 Å². The Balaban J connectivity index is 1.62. The zero-order valence-corrected chi connectivity index (χ0v) is 17.9. The third kappa shape index (κ3) is 3.92. The molecule has 4 rings (SSSR count). The number of benzene rings is 1. The molecule has 7 nitrogen and oxygen atoms in total. The molecule has 1 aromatic heterocycles. The first-order chi connectivity index (χ1) is 13.9. The van der Waals surface area contributed by atoms with Gasteiger partial charge in [-0.15, -0.1) is 0 Å². The fourth-order valence-corrected chi connectivity index (χ4v) is 4.06. The third-order valence-electron chi connectivity index (χ3n) is 5.90. The van der Waals surface area contributed by atoms with E-state index in [1.165, 1.54) is 0 Å². The number of carbonyl (C=O) groups excluding carboxylic acids is 1. The fourth-order valence-electron chi connectivity index (χ4n) is 4.06. The molecule has 2 aliphatic heterocycles. The molecule has 0 unspecified atom stereocenters. The van der Waals surface area contributed by atoms with Gasteiger partial charge in [-0.1, -0.05) is 18.2 Å². The van der Waals surface area contributed by atoms with Crippen LogP contribution in [0.3, 0.4) is 0 Å². The molecule has 29 heavy (non-hydrogen) atoms. The molecular formula is C22H30N6O. The molecule has 0 spiro atoms. The third-order valence-corrected chi connectivity index (χ3v) is 5.90. The summed E-state index contributed by atoms with van der Waals surface area (Å²) in [5.74, 6) is 1.83. The van der Waals surface area contributed by atoms with E-state index in [4.69, 9.17) is 9.97 Å². The van der Waals surface area contributed by atoms with E-state index < -0.39 is 0 Å². The number of fused-ring (bicyclic) bond motifs is 1. The maximum Gasteiger partial charge on any atom is 0.254 e. The molecule has 154 valence electrons. The molecule has 0 saturated carbocycles. The number of anilines is 2. The van der Waals surface area contributed by atoms with Gasteiger partial charge in [0.15, 0.2) is 0 Å². The minimum Gasteiger partial charge on any atom is -0.362 e. The molecule has 3 heterocycles. The highest BCUT2D eigenvalue weighted by Crippen LogP contribution is 2.29. The molecule has 7 heteroatoms. The van der Waals surface area contributed by atoms with Crippen molar-refractivity contribution >= 4 is 17.7 Å². The van der Waals surface area contributed by atoms with Crippen LogP contribution in [-0.4, -0.2) is 79.5 Å². The number of aryl methyl sites for hydroxylation is 1. The number of likely N-dealkylation sites (N-methyl/N-ethyl adjacent to an activating group) is 1. The average Bonchev–Trinajstić information content (AvgIpc) is 2.73. The summed E-state index contributed by atoms with van der Waals surface area (Å²) in [6, 6.07) is 7.79. The van der Waals surface area contributed by atoms with Gasteiger partial charge in [0.05, 0.1) is 12.2 Å². The van der Waals surface area contributed by atoms with Gasteiger partial charge >= 0.3 is 0 Å². The van der Waals surface area contributed by atoms with Crippen molar-refractivity contribution in [3.05, 3.63) is 46.6 Å². The summed E-state index contributed by atoms with van der Waals surface area (Å²) in [5, 5.41) is 0. The molecule has 2 aliphatic rings. The molecule has 1 amide bonds. The first-order valence-electron chi connectivity index (χ1n) is 10.3. The van der Waals surface area contributed by atoms with Crippen LogP contribution in [0.1, 0.15) is 27.2 Å². The lowest BCUT2D eigenvalue weighted by Crippen LogP contribution is -2.45. The zero-order chi connectivity index (χ0) is 20.5. The second-order valence-electron chi connectivity index (χ2n) is 8.25. The van der Waals surface area contributed by atoms with Crippen molar-refractivity contribution < 1.29 is 4.79 Å². The van der Waals surface area contributed by atoms with Crippen molar-refractivity contribution in [2.24, 2.45) is 0 Å². The summed E-state index contributed by atoms with van der Waals surface area (Å²) in [4.78, 5) is 31.5. The van der Waals surface area contributed by atoms with Crippen LogP contribution >= 0.6 is 0 Å². The largest absolute Gasteiger partial charge is 0.362 e. The Morgan fingerprint density at radius 3 is 2.45 bits per heavy atom. The minimum atomic E-state index is 0.0848. The van der Waals surface area contributed by atoms with E-state index in [1.807, 2.05) is 55.1 Å². The maximum atomic E-state index is 13.1. The first-order valence-corrected chi connectivity index (χ1v) is 10.3. The van der Waals surface area contributed by atoms with Crippen LogP contribution in [0.15, 0.2) is 24.3 Å². The van der Waals surface area contributed by atoms with E-state index in [1.54, 1.807) is 0 Å². The Hall–Kier alpha value is -2.67. The van der Waals surface area contributed by atoms with Crippen molar-refractivity contribution in [2.75, 3.05) is 63.7 Å². The standard InChI is InChI=1S/C22H30N6O/c1-16-7-5-6-8-17(16)21(29)28-10-9-19-18(15-28)20(25(2)3)24-22(23-19)27-13-11-26(4)12-14-27/h5-8H,9-15H2,1-4H3. The monoisotopic (exact) mass is 394 g/mol. The second-order valence-corrected chi connectivity index (χ2v) is 8.25.